The van der Waals surface area contributed by atoms with Crippen molar-refractivity contribution >= 4 is 46.9 Å². The third-order valence-corrected chi connectivity index (χ3v) is 3.50. The van der Waals surface area contributed by atoms with Gasteiger partial charge in [0.2, 0.25) is 0 Å². The predicted molar refractivity (Wildman–Crippen MR) is 75.7 cm³/mol. The minimum absolute atomic E-state index is 0. The molecular formula is C11H10Cl3NOS. The van der Waals surface area contributed by atoms with Crippen molar-refractivity contribution in [3.8, 4) is 5.75 Å². The Labute approximate surface area is 119 Å². The van der Waals surface area contributed by atoms with E-state index in [-0.39, 0.29) is 23.2 Å². The molecule has 0 aliphatic rings. The highest BCUT2D eigenvalue weighted by molar-refractivity contribution is 7.08. The molecule has 0 aliphatic carbocycles. The molecule has 0 aliphatic heterocycles. The number of rotatable bonds is 2. The number of halogens is 3. The van der Waals surface area contributed by atoms with Gasteiger partial charge in [-0.05, 0) is 34.5 Å². The lowest BCUT2D eigenvalue weighted by Gasteiger charge is -2.13. The van der Waals surface area contributed by atoms with E-state index in [1.165, 1.54) is 6.07 Å². The number of benzene rings is 1. The average Bonchev–Trinajstić information content (AvgIpc) is 2.75. The first-order valence-electron chi connectivity index (χ1n) is 4.55. The molecule has 0 fully saturated rings. The molecule has 3 N–H and O–H groups in total. The van der Waals surface area contributed by atoms with Gasteiger partial charge in [0, 0.05) is 10.6 Å². The second-order valence-corrected chi connectivity index (χ2v) is 4.98. The van der Waals surface area contributed by atoms with Crippen LogP contribution in [0.15, 0.2) is 29.0 Å². The normalized spacial score (nSPS) is 11.9. The lowest BCUT2D eigenvalue weighted by molar-refractivity contribution is 0.465. The first-order valence-corrected chi connectivity index (χ1v) is 6.25. The lowest BCUT2D eigenvalue weighted by atomic mass is 10.0. The maximum atomic E-state index is 9.82. The van der Waals surface area contributed by atoms with Crippen molar-refractivity contribution in [2.45, 2.75) is 6.04 Å². The highest BCUT2D eigenvalue weighted by Gasteiger charge is 2.16. The van der Waals surface area contributed by atoms with Crippen LogP contribution in [0.4, 0.5) is 0 Å². The monoisotopic (exact) mass is 309 g/mol. The van der Waals surface area contributed by atoms with Crippen LogP contribution in [0.5, 0.6) is 5.75 Å². The van der Waals surface area contributed by atoms with E-state index in [1.54, 1.807) is 17.4 Å². The van der Waals surface area contributed by atoms with Crippen LogP contribution in [-0.4, -0.2) is 5.11 Å². The Morgan fingerprint density at radius 1 is 1.29 bits per heavy atom. The fourth-order valence-electron chi connectivity index (χ4n) is 1.45. The molecule has 1 heterocycles. The van der Waals surface area contributed by atoms with Crippen LogP contribution in [0.25, 0.3) is 0 Å². The quantitative estimate of drug-likeness (QED) is 0.872. The number of phenols is 1. The minimum Gasteiger partial charge on any atom is -0.506 e. The molecule has 0 spiro atoms. The van der Waals surface area contributed by atoms with Crippen LogP contribution in [0.3, 0.4) is 0 Å². The van der Waals surface area contributed by atoms with Gasteiger partial charge in [0.15, 0.2) is 0 Å². The first kappa shape index (κ1) is 14.6. The van der Waals surface area contributed by atoms with E-state index >= 15 is 0 Å². The highest BCUT2D eigenvalue weighted by Crippen LogP contribution is 2.36. The highest BCUT2D eigenvalue weighted by atomic mass is 35.5. The largest absolute Gasteiger partial charge is 0.506 e. The molecule has 0 saturated carbocycles. The van der Waals surface area contributed by atoms with Gasteiger partial charge >= 0.3 is 0 Å². The van der Waals surface area contributed by atoms with Gasteiger partial charge in [-0.25, -0.2) is 0 Å². The molecule has 0 bridgehead atoms. The second-order valence-electron chi connectivity index (χ2n) is 3.36. The maximum absolute atomic E-state index is 9.82. The molecule has 2 nitrogen and oxygen atoms in total. The molecule has 0 amide bonds. The zero-order valence-corrected chi connectivity index (χ0v) is 11.7. The maximum Gasteiger partial charge on any atom is 0.139 e. The molecule has 0 unspecified atom stereocenters. The van der Waals surface area contributed by atoms with Crippen molar-refractivity contribution < 1.29 is 5.11 Å². The Balaban J connectivity index is 0.00000144. The lowest BCUT2D eigenvalue weighted by Crippen LogP contribution is -2.11. The number of hydrogen-bond acceptors (Lipinski definition) is 3. The van der Waals surface area contributed by atoms with Crippen LogP contribution in [0.2, 0.25) is 10.0 Å². The Kier molecular flexibility index (Phi) is 5.10. The van der Waals surface area contributed by atoms with Gasteiger partial charge in [-0.3, -0.25) is 0 Å². The number of hydrogen-bond donors (Lipinski definition) is 2. The fourth-order valence-corrected chi connectivity index (χ4v) is 2.66. The molecule has 0 saturated heterocycles. The van der Waals surface area contributed by atoms with E-state index in [0.29, 0.717) is 10.6 Å². The van der Waals surface area contributed by atoms with Gasteiger partial charge in [-0.15, -0.1) is 12.4 Å². The van der Waals surface area contributed by atoms with Gasteiger partial charge in [-0.1, -0.05) is 23.2 Å². The minimum atomic E-state index is -0.414. The Morgan fingerprint density at radius 3 is 2.59 bits per heavy atom. The molecule has 6 heteroatoms. The third-order valence-electron chi connectivity index (χ3n) is 2.30. The van der Waals surface area contributed by atoms with Crippen molar-refractivity contribution in [3.63, 3.8) is 0 Å². The van der Waals surface area contributed by atoms with Crippen LogP contribution < -0.4 is 5.73 Å². The van der Waals surface area contributed by atoms with E-state index < -0.39 is 6.04 Å². The van der Waals surface area contributed by atoms with Crippen molar-refractivity contribution in [3.05, 3.63) is 50.1 Å². The Morgan fingerprint density at radius 2 is 2.00 bits per heavy atom. The Bertz CT molecular complexity index is 502. The van der Waals surface area contributed by atoms with Gasteiger partial charge in [-0.2, -0.15) is 11.3 Å². The van der Waals surface area contributed by atoms with Gasteiger partial charge < -0.3 is 10.8 Å². The average molecular weight is 311 g/mol. The van der Waals surface area contributed by atoms with Crippen LogP contribution >= 0.6 is 46.9 Å². The number of nitrogens with two attached hydrogens (primary N) is 1. The van der Waals surface area contributed by atoms with E-state index in [1.807, 2.05) is 16.8 Å². The van der Waals surface area contributed by atoms with Crippen molar-refractivity contribution in [2.75, 3.05) is 0 Å². The standard InChI is InChI=1S/C11H9Cl2NOS.ClH/c12-7-3-8(11(15)9(13)4-7)10(14)6-1-2-16-5-6;/h1-5,10,15H,14H2;1H/t10-;/m1./s1. The summed E-state index contributed by atoms with van der Waals surface area (Å²) < 4.78 is 0. The molecule has 92 valence electrons. The van der Waals surface area contributed by atoms with Gasteiger partial charge in [0.1, 0.15) is 5.75 Å². The third kappa shape index (κ3) is 3.06. The molecule has 0 radical (unpaired) electrons. The summed E-state index contributed by atoms with van der Waals surface area (Å²) in [4.78, 5) is 0. The zero-order valence-electron chi connectivity index (χ0n) is 8.56. The van der Waals surface area contributed by atoms with E-state index in [4.69, 9.17) is 28.9 Å². The first-order chi connectivity index (χ1) is 7.59. The Hall–Kier alpha value is -0.450. The topological polar surface area (TPSA) is 46.2 Å². The summed E-state index contributed by atoms with van der Waals surface area (Å²) in [5.74, 6) is -0.00948. The van der Waals surface area contributed by atoms with Crippen molar-refractivity contribution in [2.24, 2.45) is 5.73 Å². The molecular weight excluding hydrogens is 301 g/mol. The molecule has 2 aromatic rings. The fraction of sp³-hybridized carbons (Fsp3) is 0.0909. The zero-order chi connectivity index (χ0) is 11.7. The molecule has 1 aromatic carbocycles. The molecule has 1 aromatic heterocycles. The van der Waals surface area contributed by atoms with Crippen LogP contribution in [0.1, 0.15) is 17.2 Å². The van der Waals surface area contributed by atoms with E-state index in [9.17, 15) is 5.11 Å². The SMILES string of the molecule is Cl.N[C@H](c1ccsc1)c1cc(Cl)cc(Cl)c1O. The van der Waals surface area contributed by atoms with Crippen LogP contribution in [0, 0.1) is 0 Å². The van der Waals surface area contributed by atoms with Crippen LogP contribution in [-0.2, 0) is 0 Å². The number of thiophene rings is 1. The summed E-state index contributed by atoms with van der Waals surface area (Å²) >= 11 is 13.3. The molecule has 1 atom stereocenters. The predicted octanol–water partition coefficient (Wildman–Crippen LogP) is 4.23. The smallest absolute Gasteiger partial charge is 0.139 e. The van der Waals surface area contributed by atoms with Gasteiger partial charge in [0.25, 0.3) is 0 Å². The number of aromatic hydroxyl groups is 1. The van der Waals surface area contributed by atoms with Crippen molar-refractivity contribution in [1.82, 2.24) is 0 Å². The summed E-state index contributed by atoms with van der Waals surface area (Å²) in [6.45, 7) is 0. The van der Waals surface area contributed by atoms with E-state index in [0.717, 1.165) is 5.56 Å². The van der Waals surface area contributed by atoms with E-state index in [2.05, 4.69) is 0 Å². The summed E-state index contributed by atoms with van der Waals surface area (Å²) in [5, 5.41) is 14.4. The second kappa shape index (κ2) is 5.94. The number of phenolic OH excluding ortho intramolecular Hbond substituents is 1. The van der Waals surface area contributed by atoms with Crippen molar-refractivity contribution in [1.29, 1.82) is 0 Å². The van der Waals surface area contributed by atoms with Gasteiger partial charge in [0.05, 0.1) is 11.1 Å². The summed E-state index contributed by atoms with van der Waals surface area (Å²) in [6.07, 6.45) is 0. The molecule has 2 rings (SSSR count). The molecule has 17 heavy (non-hydrogen) atoms. The summed E-state index contributed by atoms with van der Waals surface area (Å²) in [5.41, 5.74) is 7.50. The summed E-state index contributed by atoms with van der Waals surface area (Å²) in [7, 11) is 0. The summed E-state index contributed by atoms with van der Waals surface area (Å²) in [6, 6.07) is 4.61.